The standard InChI is InChI=1S/C24H21N5O/c1-16(30)29-12-10-17-6-4-8-22(24(17)29)27-19-9-11-25-23(14-19)28-20-13-18-5-2-3-7-21(18)26-15-20/h2-9,11,13-15H,10,12H2,1H3,(H2,25,27,28). The highest BCUT2D eigenvalue weighted by atomic mass is 16.2. The Kier molecular flexibility index (Phi) is 4.52. The fourth-order valence-corrected chi connectivity index (χ4v) is 3.89. The molecule has 0 saturated carbocycles. The van der Waals surface area contributed by atoms with Crippen LogP contribution in [0.2, 0.25) is 0 Å². The Morgan fingerprint density at radius 2 is 1.87 bits per heavy atom. The molecule has 4 aromatic rings. The van der Waals surface area contributed by atoms with Crippen molar-refractivity contribution in [1.82, 2.24) is 9.97 Å². The monoisotopic (exact) mass is 395 g/mol. The first-order valence-corrected chi connectivity index (χ1v) is 9.92. The van der Waals surface area contributed by atoms with Gasteiger partial charge in [-0.2, -0.15) is 0 Å². The number of nitrogens with zero attached hydrogens (tertiary/aromatic N) is 3. The van der Waals surface area contributed by atoms with E-state index in [-0.39, 0.29) is 5.91 Å². The van der Waals surface area contributed by atoms with Crippen LogP contribution in [0.25, 0.3) is 10.9 Å². The number of rotatable bonds is 4. The molecule has 2 N–H and O–H groups in total. The molecule has 0 aliphatic carbocycles. The molecule has 0 bridgehead atoms. The summed E-state index contributed by atoms with van der Waals surface area (Å²) >= 11 is 0. The van der Waals surface area contributed by atoms with Crippen LogP contribution in [0, 0.1) is 0 Å². The predicted molar refractivity (Wildman–Crippen MR) is 121 cm³/mol. The number of aromatic nitrogens is 2. The van der Waals surface area contributed by atoms with Gasteiger partial charge in [-0.25, -0.2) is 4.98 Å². The quantitative estimate of drug-likeness (QED) is 0.507. The van der Waals surface area contributed by atoms with Crippen LogP contribution in [0.15, 0.2) is 73.1 Å². The molecule has 3 heterocycles. The molecule has 0 radical (unpaired) electrons. The minimum atomic E-state index is 0.0592. The number of para-hydroxylation sites is 2. The Morgan fingerprint density at radius 3 is 2.77 bits per heavy atom. The van der Waals surface area contributed by atoms with E-state index in [0.717, 1.165) is 46.6 Å². The van der Waals surface area contributed by atoms with Gasteiger partial charge in [0.2, 0.25) is 5.91 Å². The molecule has 1 aliphatic rings. The van der Waals surface area contributed by atoms with Gasteiger partial charge in [0.25, 0.3) is 0 Å². The minimum Gasteiger partial charge on any atom is -0.354 e. The van der Waals surface area contributed by atoms with Crippen molar-refractivity contribution in [3.63, 3.8) is 0 Å². The Hall–Kier alpha value is -3.93. The van der Waals surface area contributed by atoms with Crippen LogP contribution in [0.3, 0.4) is 0 Å². The van der Waals surface area contributed by atoms with Crippen LogP contribution in [0.1, 0.15) is 12.5 Å². The molecule has 1 aliphatic heterocycles. The fourth-order valence-electron chi connectivity index (χ4n) is 3.89. The highest BCUT2D eigenvalue weighted by Crippen LogP contribution is 2.37. The molecule has 0 saturated heterocycles. The Labute approximate surface area is 174 Å². The van der Waals surface area contributed by atoms with E-state index in [2.05, 4.69) is 32.7 Å². The molecule has 0 fully saturated rings. The normalized spacial score (nSPS) is 12.6. The Morgan fingerprint density at radius 1 is 0.967 bits per heavy atom. The highest BCUT2D eigenvalue weighted by Gasteiger charge is 2.25. The molecule has 5 rings (SSSR count). The number of carbonyl (C=O) groups is 1. The lowest BCUT2D eigenvalue weighted by molar-refractivity contribution is -0.116. The molecular weight excluding hydrogens is 374 g/mol. The van der Waals surface area contributed by atoms with Crippen LogP contribution in [0.4, 0.5) is 28.6 Å². The maximum absolute atomic E-state index is 12.0. The second-order valence-corrected chi connectivity index (χ2v) is 7.33. The second-order valence-electron chi connectivity index (χ2n) is 7.33. The summed E-state index contributed by atoms with van der Waals surface area (Å²) in [7, 11) is 0. The zero-order chi connectivity index (χ0) is 20.5. The lowest BCUT2D eigenvalue weighted by Crippen LogP contribution is -2.26. The number of benzene rings is 2. The van der Waals surface area contributed by atoms with Crippen molar-refractivity contribution < 1.29 is 4.79 Å². The number of anilines is 5. The largest absolute Gasteiger partial charge is 0.354 e. The van der Waals surface area contributed by atoms with Gasteiger partial charge < -0.3 is 15.5 Å². The summed E-state index contributed by atoms with van der Waals surface area (Å²) in [6.07, 6.45) is 4.44. The molecule has 0 spiro atoms. The van der Waals surface area contributed by atoms with E-state index in [1.807, 2.05) is 53.4 Å². The molecule has 2 aromatic heterocycles. The summed E-state index contributed by atoms with van der Waals surface area (Å²) in [5, 5.41) is 7.85. The lowest BCUT2D eigenvalue weighted by Gasteiger charge is -2.19. The van der Waals surface area contributed by atoms with Gasteiger partial charge in [-0.05, 0) is 36.2 Å². The average molecular weight is 395 g/mol. The molecule has 148 valence electrons. The third-order valence-electron chi connectivity index (χ3n) is 5.28. The van der Waals surface area contributed by atoms with E-state index in [4.69, 9.17) is 0 Å². The van der Waals surface area contributed by atoms with Crippen molar-refractivity contribution in [1.29, 1.82) is 0 Å². The molecule has 6 heteroatoms. The Bertz CT molecular complexity index is 1250. The van der Waals surface area contributed by atoms with Crippen molar-refractivity contribution in [3.05, 3.63) is 78.6 Å². The van der Waals surface area contributed by atoms with Crippen molar-refractivity contribution in [2.75, 3.05) is 22.1 Å². The van der Waals surface area contributed by atoms with E-state index in [9.17, 15) is 4.79 Å². The van der Waals surface area contributed by atoms with Crippen LogP contribution in [-0.4, -0.2) is 22.4 Å². The number of fused-ring (bicyclic) bond motifs is 2. The second kappa shape index (κ2) is 7.48. The van der Waals surface area contributed by atoms with E-state index in [0.29, 0.717) is 5.82 Å². The Balaban J connectivity index is 1.41. The number of hydrogen-bond donors (Lipinski definition) is 2. The van der Waals surface area contributed by atoms with Crippen molar-refractivity contribution in [3.8, 4) is 0 Å². The topological polar surface area (TPSA) is 70.2 Å². The smallest absolute Gasteiger partial charge is 0.223 e. The molecule has 6 nitrogen and oxygen atoms in total. The summed E-state index contributed by atoms with van der Waals surface area (Å²) in [4.78, 5) is 22.8. The third kappa shape index (κ3) is 3.43. The van der Waals surface area contributed by atoms with Gasteiger partial charge in [0.05, 0.1) is 28.8 Å². The first-order chi connectivity index (χ1) is 14.7. The molecule has 1 amide bonds. The van der Waals surface area contributed by atoms with E-state index in [1.54, 1.807) is 19.3 Å². The first kappa shape index (κ1) is 18.1. The highest BCUT2D eigenvalue weighted by molar-refractivity contribution is 5.98. The van der Waals surface area contributed by atoms with Crippen molar-refractivity contribution in [2.24, 2.45) is 0 Å². The molecule has 2 aromatic carbocycles. The number of pyridine rings is 2. The first-order valence-electron chi connectivity index (χ1n) is 9.92. The van der Waals surface area contributed by atoms with Gasteiger partial charge in [-0.15, -0.1) is 0 Å². The van der Waals surface area contributed by atoms with E-state index < -0.39 is 0 Å². The van der Waals surface area contributed by atoms with Gasteiger partial charge in [-0.3, -0.25) is 9.78 Å². The molecule has 0 unspecified atom stereocenters. The maximum atomic E-state index is 12.0. The van der Waals surface area contributed by atoms with Crippen LogP contribution >= 0.6 is 0 Å². The third-order valence-corrected chi connectivity index (χ3v) is 5.28. The summed E-state index contributed by atoms with van der Waals surface area (Å²) in [6.45, 7) is 2.33. The van der Waals surface area contributed by atoms with Crippen LogP contribution in [0.5, 0.6) is 0 Å². The predicted octanol–water partition coefficient (Wildman–Crippen LogP) is 5.03. The SMILES string of the molecule is CC(=O)N1CCc2cccc(Nc3ccnc(Nc4cnc5ccccc5c4)c3)c21. The minimum absolute atomic E-state index is 0.0592. The van der Waals surface area contributed by atoms with Gasteiger partial charge in [-0.1, -0.05) is 30.3 Å². The van der Waals surface area contributed by atoms with Crippen molar-refractivity contribution in [2.45, 2.75) is 13.3 Å². The molecular formula is C24H21N5O. The van der Waals surface area contributed by atoms with Crippen LogP contribution < -0.4 is 15.5 Å². The van der Waals surface area contributed by atoms with E-state index >= 15 is 0 Å². The zero-order valence-corrected chi connectivity index (χ0v) is 16.6. The maximum Gasteiger partial charge on any atom is 0.223 e. The molecule has 30 heavy (non-hydrogen) atoms. The van der Waals surface area contributed by atoms with Gasteiger partial charge in [0, 0.05) is 36.8 Å². The summed E-state index contributed by atoms with van der Waals surface area (Å²) < 4.78 is 0. The van der Waals surface area contributed by atoms with E-state index in [1.165, 1.54) is 5.56 Å². The summed E-state index contributed by atoms with van der Waals surface area (Å²) in [5.41, 5.74) is 5.80. The average Bonchev–Trinajstić information content (AvgIpc) is 3.20. The summed E-state index contributed by atoms with van der Waals surface area (Å²) in [5.74, 6) is 0.775. The fraction of sp³-hybridized carbons (Fsp3) is 0.125. The number of nitrogens with one attached hydrogen (secondary N) is 2. The lowest BCUT2D eigenvalue weighted by atomic mass is 10.1. The van der Waals surface area contributed by atoms with Crippen LogP contribution in [-0.2, 0) is 11.2 Å². The van der Waals surface area contributed by atoms with Gasteiger partial charge >= 0.3 is 0 Å². The van der Waals surface area contributed by atoms with Crippen molar-refractivity contribution >= 4 is 45.4 Å². The number of amides is 1. The zero-order valence-electron chi connectivity index (χ0n) is 16.6. The van der Waals surface area contributed by atoms with Gasteiger partial charge in [0.1, 0.15) is 5.82 Å². The van der Waals surface area contributed by atoms with Gasteiger partial charge in [0.15, 0.2) is 0 Å². The number of carbonyl (C=O) groups excluding carboxylic acids is 1. The number of hydrogen-bond acceptors (Lipinski definition) is 5. The molecule has 0 atom stereocenters. The summed E-state index contributed by atoms with van der Waals surface area (Å²) in [6, 6.07) is 20.0.